The predicted octanol–water partition coefficient (Wildman–Crippen LogP) is 2.38. The van der Waals surface area contributed by atoms with Crippen LogP contribution in [0.15, 0.2) is 24.3 Å². The summed E-state index contributed by atoms with van der Waals surface area (Å²) in [5, 5.41) is 0. The van der Waals surface area contributed by atoms with E-state index in [1.54, 1.807) is 7.11 Å². The monoisotopic (exact) mass is 219 g/mol. The molecule has 0 aliphatic carbocycles. The van der Waals surface area contributed by atoms with Crippen LogP contribution in [0.5, 0.6) is 5.75 Å². The second kappa shape index (κ2) is 4.56. The molecule has 1 saturated heterocycles. The van der Waals surface area contributed by atoms with E-state index in [2.05, 4.69) is 6.92 Å². The van der Waals surface area contributed by atoms with Crippen molar-refractivity contribution in [2.45, 2.75) is 25.8 Å². The lowest BCUT2D eigenvalue weighted by atomic mass is 10.1. The van der Waals surface area contributed by atoms with Gasteiger partial charge in [0.05, 0.1) is 13.2 Å². The molecule has 0 saturated carbocycles. The molecule has 1 atom stereocenters. The molecule has 1 heterocycles. The molecule has 16 heavy (non-hydrogen) atoms. The van der Waals surface area contributed by atoms with E-state index in [-0.39, 0.29) is 11.9 Å². The van der Waals surface area contributed by atoms with Crippen molar-refractivity contribution in [2.24, 2.45) is 0 Å². The molecule has 0 unspecified atom stereocenters. The second-order valence-corrected chi connectivity index (χ2v) is 4.14. The van der Waals surface area contributed by atoms with Crippen LogP contribution in [-0.4, -0.2) is 24.5 Å². The normalized spacial score (nSPS) is 17.6. The van der Waals surface area contributed by atoms with Crippen molar-refractivity contribution in [1.29, 1.82) is 0 Å². The number of ether oxygens (including phenoxy) is 1. The first-order valence-corrected chi connectivity index (χ1v) is 5.66. The van der Waals surface area contributed by atoms with Crippen LogP contribution in [0.25, 0.3) is 0 Å². The largest absolute Gasteiger partial charge is 0.497 e. The summed E-state index contributed by atoms with van der Waals surface area (Å²) < 4.78 is 5.11. The van der Waals surface area contributed by atoms with E-state index in [0.717, 1.165) is 24.3 Å². The highest BCUT2D eigenvalue weighted by molar-refractivity contribution is 5.78. The van der Waals surface area contributed by atoms with E-state index in [1.165, 1.54) is 0 Å². The lowest BCUT2D eigenvalue weighted by Gasteiger charge is -2.24. The molecule has 3 nitrogen and oxygen atoms in total. The highest BCUT2D eigenvalue weighted by Gasteiger charge is 2.25. The van der Waals surface area contributed by atoms with Gasteiger partial charge in [0, 0.05) is 13.0 Å². The summed E-state index contributed by atoms with van der Waals surface area (Å²) in [5.41, 5.74) is 1.16. The van der Waals surface area contributed by atoms with Gasteiger partial charge >= 0.3 is 0 Å². The Hall–Kier alpha value is -1.51. The number of hydrogen-bond acceptors (Lipinski definition) is 2. The van der Waals surface area contributed by atoms with Gasteiger partial charge in [0.1, 0.15) is 5.75 Å². The smallest absolute Gasteiger partial charge is 0.223 e. The molecule has 1 fully saturated rings. The van der Waals surface area contributed by atoms with E-state index < -0.39 is 0 Å². The predicted molar refractivity (Wildman–Crippen MR) is 62.4 cm³/mol. The average Bonchev–Trinajstić information content (AvgIpc) is 2.75. The van der Waals surface area contributed by atoms with Gasteiger partial charge in [0.15, 0.2) is 0 Å². The van der Waals surface area contributed by atoms with Gasteiger partial charge in [-0.3, -0.25) is 4.79 Å². The van der Waals surface area contributed by atoms with Gasteiger partial charge in [-0.05, 0) is 31.0 Å². The molecule has 0 N–H and O–H groups in total. The van der Waals surface area contributed by atoms with Gasteiger partial charge in [-0.25, -0.2) is 0 Å². The number of carbonyl (C=O) groups is 1. The van der Waals surface area contributed by atoms with E-state index in [0.29, 0.717) is 6.42 Å². The summed E-state index contributed by atoms with van der Waals surface area (Å²) in [5.74, 6) is 1.12. The fourth-order valence-electron chi connectivity index (χ4n) is 2.14. The van der Waals surface area contributed by atoms with Gasteiger partial charge in [0.25, 0.3) is 0 Å². The van der Waals surface area contributed by atoms with Gasteiger partial charge in [-0.2, -0.15) is 0 Å². The molecule has 1 aromatic rings. The van der Waals surface area contributed by atoms with E-state index in [4.69, 9.17) is 4.74 Å². The fraction of sp³-hybridized carbons (Fsp3) is 0.462. The standard InChI is InChI=1S/C13H17NO2/c1-10(14-9-3-4-13(14)15)11-5-7-12(16-2)8-6-11/h5-8,10H,3-4,9H2,1-2H3/t10-/m0/s1. The summed E-state index contributed by atoms with van der Waals surface area (Å²) in [4.78, 5) is 13.6. The van der Waals surface area contributed by atoms with E-state index >= 15 is 0 Å². The van der Waals surface area contributed by atoms with Crippen LogP contribution in [0.2, 0.25) is 0 Å². The van der Waals surface area contributed by atoms with Crippen molar-refractivity contribution in [1.82, 2.24) is 4.90 Å². The second-order valence-electron chi connectivity index (χ2n) is 4.14. The third-order valence-electron chi connectivity index (χ3n) is 3.18. The Balaban J connectivity index is 2.13. The minimum absolute atomic E-state index is 0.168. The Morgan fingerprint density at radius 2 is 2.00 bits per heavy atom. The van der Waals surface area contributed by atoms with E-state index in [9.17, 15) is 4.79 Å². The highest BCUT2D eigenvalue weighted by atomic mass is 16.5. The topological polar surface area (TPSA) is 29.5 Å². The number of hydrogen-bond donors (Lipinski definition) is 0. The summed E-state index contributed by atoms with van der Waals surface area (Å²) in [6, 6.07) is 8.09. The number of methoxy groups -OCH3 is 1. The van der Waals surface area contributed by atoms with Crippen LogP contribution in [0.4, 0.5) is 0 Å². The zero-order valence-electron chi connectivity index (χ0n) is 9.77. The molecule has 0 aromatic heterocycles. The van der Waals surface area contributed by atoms with Gasteiger partial charge in [-0.1, -0.05) is 12.1 Å². The SMILES string of the molecule is COc1ccc([C@H](C)N2CCCC2=O)cc1. The summed E-state index contributed by atoms with van der Waals surface area (Å²) in [7, 11) is 1.66. The number of likely N-dealkylation sites (tertiary alicyclic amines) is 1. The molecular weight excluding hydrogens is 202 g/mol. The maximum Gasteiger partial charge on any atom is 0.223 e. The van der Waals surface area contributed by atoms with Gasteiger partial charge in [-0.15, -0.1) is 0 Å². The average molecular weight is 219 g/mol. The molecule has 1 aliphatic heterocycles. The molecule has 0 bridgehead atoms. The van der Waals surface area contributed by atoms with Gasteiger partial charge < -0.3 is 9.64 Å². The number of nitrogens with zero attached hydrogens (tertiary/aromatic N) is 1. The van der Waals surface area contributed by atoms with Crippen LogP contribution < -0.4 is 4.74 Å². The van der Waals surface area contributed by atoms with Crippen molar-refractivity contribution in [2.75, 3.05) is 13.7 Å². The van der Waals surface area contributed by atoms with Crippen LogP contribution in [0, 0.1) is 0 Å². The minimum atomic E-state index is 0.168. The first-order valence-electron chi connectivity index (χ1n) is 5.66. The molecular formula is C13H17NO2. The maximum absolute atomic E-state index is 11.6. The third kappa shape index (κ3) is 2.03. The first-order chi connectivity index (χ1) is 7.72. The first kappa shape index (κ1) is 11.0. The van der Waals surface area contributed by atoms with Crippen LogP contribution in [0.1, 0.15) is 31.4 Å². The van der Waals surface area contributed by atoms with Crippen molar-refractivity contribution in [3.05, 3.63) is 29.8 Å². The number of amides is 1. The van der Waals surface area contributed by atoms with Crippen molar-refractivity contribution in [3.8, 4) is 5.75 Å². The molecule has 3 heteroatoms. The molecule has 0 spiro atoms. The summed E-state index contributed by atoms with van der Waals surface area (Å²) in [6.45, 7) is 2.96. The van der Waals surface area contributed by atoms with Crippen LogP contribution >= 0.6 is 0 Å². The summed E-state index contributed by atoms with van der Waals surface area (Å²) in [6.07, 6.45) is 1.68. The Kier molecular flexibility index (Phi) is 3.13. The molecule has 86 valence electrons. The lowest BCUT2D eigenvalue weighted by molar-refractivity contribution is -0.129. The fourth-order valence-corrected chi connectivity index (χ4v) is 2.14. The van der Waals surface area contributed by atoms with Crippen molar-refractivity contribution < 1.29 is 9.53 Å². The minimum Gasteiger partial charge on any atom is -0.497 e. The van der Waals surface area contributed by atoms with Crippen molar-refractivity contribution >= 4 is 5.91 Å². The van der Waals surface area contributed by atoms with Crippen molar-refractivity contribution in [3.63, 3.8) is 0 Å². The molecule has 2 rings (SSSR count). The zero-order chi connectivity index (χ0) is 11.5. The Morgan fingerprint density at radius 1 is 1.31 bits per heavy atom. The quantitative estimate of drug-likeness (QED) is 0.781. The van der Waals surface area contributed by atoms with E-state index in [1.807, 2.05) is 29.2 Å². The Labute approximate surface area is 96.0 Å². The third-order valence-corrected chi connectivity index (χ3v) is 3.18. The highest BCUT2D eigenvalue weighted by Crippen LogP contribution is 2.26. The number of carbonyl (C=O) groups excluding carboxylic acids is 1. The Bertz CT molecular complexity index is 372. The maximum atomic E-state index is 11.6. The molecule has 1 aliphatic rings. The molecule has 0 radical (unpaired) electrons. The summed E-state index contributed by atoms with van der Waals surface area (Å²) >= 11 is 0. The van der Waals surface area contributed by atoms with Crippen LogP contribution in [-0.2, 0) is 4.79 Å². The lowest BCUT2D eigenvalue weighted by Crippen LogP contribution is -2.27. The molecule has 1 amide bonds. The number of rotatable bonds is 3. The molecule has 1 aromatic carbocycles. The van der Waals surface area contributed by atoms with Crippen LogP contribution in [0.3, 0.4) is 0 Å². The van der Waals surface area contributed by atoms with Gasteiger partial charge in [0.2, 0.25) is 5.91 Å². The zero-order valence-corrected chi connectivity index (χ0v) is 9.77. The number of benzene rings is 1. The Morgan fingerprint density at radius 3 is 2.50 bits per heavy atom.